The third-order valence-electron chi connectivity index (χ3n) is 2.48. The molecule has 1 aromatic rings. The summed E-state index contributed by atoms with van der Waals surface area (Å²) in [6, 6.07) is 5.13. The van der Waals surface area contributed by atoms with E-state index in [-0.39, 0.29) is 5.82 Å². The van der Waals surface area contributed by atoms with E-state index in [1.165, 1.54) is 6.07 Å². The molecular weight excluding hydrogens is 269 g/mol. The number of halogens is 2. The fourth-order valence-corrected chi connectivity index (χ4v) is 2.22. The third-order valence-corrected chi connectivity index (χ3v) is 2.97. The van der Waals surface area contributed by atoms with Crippen LogP contribution in [0.2, 0.25) is 0 Å². The Morgan fingerprint density at radius 3 is 2.38 bits per heavy atom. The maximum absolute atomic E-state index is 13.6. The Morgan fingerprint density at radius 1 is 1.19 bits per heavy atom. The van der Waals surface area contributed by atoms with Crippen LogP contribution in [0.1, 0.15) is 32.3 Å². The molecule has 0 saturated heterocycles. The molecule has 1 rings (SSSR count). The van der Waals surface area contributed by atoms with Crippen LogP contribution in [-0.2, 0) is 6.54 Å². The van der Waals surface area contributed by atoms with Gasteiger partial charge in [-0.1, -0.05) is 29.8 Å². The SMILES string of the molecule is CCCN(CCC)Cc1cc(Br)ccc1F. The van der Waals surface area contributed by atoms with E-state index in [1.807, 2.05) is 6.07 Å². The summed E-state index contributed by atoms with van der Waals surface area (Å²) in [6.45, 7) is 7.06. The lowest BCUT2D eigenvalue weighted by atomic mass is 10.2. The molecule has 0 atom stereocenters. The fraction of sp³-hybridized carbons (Fsp3) is 0.538. The average molecular weight is 288 g/mol. The average Bonchev–Trinajstić information content (AvgIpc) is 2.24. The zero-order valence-electron chi connectivity index (χ0n) is 9.97. The summed E-state index contributed by atoms with van der Waals surface area (Å²) in [4.78, 5) is 2.30. The number of benzene rings is 1. The Bertz CT molecular complexity index is 322. The van der Waals surface area contributed by atoms with Gasteiger partial charge in [-0.05, 0) is 44.1 Å². The summed E-state index contributed by atoms with van der Waals surface area (Å²) < 4.78 is 14.5. The Hall–Kier alpha value is -0.410. The standard InChI is InChI=1S/C13H19BrFN/c1-3-7-16(8-4-2)10-11-9-12(14)5-6-13(11)15/h5-6,9H,3-4,7-8,10H2,1-2H3. The Kier molecular flexibility index (Phi) is 5.99. The van der Waals surface area contributed by atoms with Crippen molar-refractivity contribution in [1.82, 2.24) is 4.90 Å². The quantitative estimate of drug-likeness (QED) is 0.758. The normalized spacial score (nSPS) is 11.1. The first kappa shape index (κ1) is 13.7. The summed E-state index contributed by atoms with van der Waals surface area (Å²) in [5.41, 5.74) is 0.774. The molecule has 0 aromatic heterocycles. The molecule has 0 aliphatic rings. The molecule has 0 bridgehead atoms. The van der Waals surface area contributed by atoms with Gasteiger partial charge in [0.1, 0.15) is 5.82 Å². The van der Waals surface area contributed by atoms with Crippen LogP contribution in [0.25, 0.3) is 0 Å². The molecule has 0 spiro atoms. The molecule has 16 heavy (non-hydrogen) atoms. The van der Waals surface area contributed by atoms with Gasteiger partial charge in [0.2, 0.25) is 0 Å². The second-order valence-corrected chi connectivity index (χ2v) is 4.93. The predicted molar refractivity (Wildman–Crippen MR) is 70.0 cm³/mol. The van der Waals surface area contributed by atoms with Gasteiger partial charge in [0.25, 0.3) is 0 Å². The Labute approximate surface area is 106 Å². The van der Waals surface area contributed by atoms with Crippen LogP contribution in [0, 0.1) is 5.82 Å². The van der Waals surface area contributed by atoms with Gasteiger partial charge in [0.15, 0.2) is 0 Å². The fourth-order valence-electron chi connectivity index (χ4n) is 1.81. The van der Waals surface area contributed by atoms with Gasteiger partial charge in [-0.3, -0.25) is 4.90 Å². The molecule has 1 nitrogen and oxygen atoms in total. The van der Waals surface area contributed by atoms with Gasteiger partial charge in [-0.2, -0.15) is 0 Å². The molecule has 3 heteroatoms. The lowest BCUT2D eigenvalue weighted by molar-refractivity contribution is 0.263. The van der Waals surface area contributed by atoms with Gasteiger partial charge in [0.05, 0.1) is 0 Å². The number of hydrogen-bond donors (Lipinski definition) is 0. The van der Waals surface area contributed by atoms with E-state index >= 15 is 0 Å². The van der Waals surface area contributed by atoms with Gasteiger partial charge in [-0.15, -0.1) is 0 Å². The monoisotopic (exact) mass is 287 g/mol. The highest BCUT2D eigenvalue weighted by Crippen LogP contribution is 2.17. The molecule has 0 fully saturated rings. The van der Waals surface area contributed by atoms with Crippen molar-refractivity contribution in [3.05, 3.63) is 34.1 Å². The Balaban J connectivity index is 2.71. The van der Waals surface area contributed by atoms with E-state index in [4.69, 9.17) is 0 Å². The molecule has 0 heterocycles. The van der Waals surface area contributed by atoms with E-state index in [0.29, 0.717) is 6.54 Å². The lowest BCUT2D eigenvalue weighted by Crippen LogP contribution is -2.25. The van der Waals surface area contributed by atoms with Crippen LogP contribution in [0.5, 0.6) is 0 Å². The van der Waals surface area contributed by atoms with Crippen molar-refractivity contribution in [1.29, 1.82) is 0 Å². The lowest BCUT2D eigenvalue weighted by Gasteiger charge is -2.21. The molecule has 1 aromatic carbocycles. The maximum atomic E-state index is 13.6. The van der Waals surface area contributed by atoms with Crippen LogP contribution in [0.3, 0.4) is 0 Å². The first-order valence-electron chi connectivity index (χ1n) is 5.83. The summed E-state index contributed by atoms with van der Waals surface area (Å²) in [7, 11) is 0. The second-order valence-electron chi connectivity index (χ2n) is 4.01. The first-order chi connectivity index (χ1) is 7.67. The van der Waals surface area contributed by atoms with Crippen LogP contribution >= 0.6 is 15.9 Å². The molecule has 90 valence electrons. The molecule has 0 N–H and O–H groups in total. The highest BCUT2D eigenvalue weighted by Gasteiger charge is 2.08. The third kappa shape index (κ3) is 4.22. The van der Waals surface area contributed by atoms with Gasteiger partial charge in [-0.25, -0.2) is 4.39 Å². The maximum Gasteiger partial charge on any atom is 0.127 e. The number of hydrogen-bond acceptors (Lipinski definition) is 1. The van der Waals surface area contributed by atoms with Crippen LogP contribution in [0.15, 0.2) is 22.7 Å². The van der Waals surface area contributed by atoms with Gasteiger partial charge in [0, 0.05) is 16.6 Å². The second kappa shape index (κ2) is 7.02. The van der Waals surface area contributed by atoms with E-state index in [2.05, 4.69) is 34.7 Å². The van der Waals surface area contributed by atoms with E-state index in [1.54, 1.807) is 6.07 Å². The van der Waals surface area contributed by atoms with Crippen LogP contribution in [0.4, 0.5) is 4.39 Å². The minimum Gasteiger partial charge on any atom is -0.299 e. The zero-order valence-corrected chi connectivity index (χ0v) is 11.6. The Morgan fingerprint density at radius 2 is 1.81 bits per heavy atom. The summed E-state index contributed by atoms with van der Waals surface area (Å²) >= 11 is 3.38. The minimum absolute atomic E-state index is 0.111. The molecule has 0 saturated carbocycles. The van der Waals surface area contributed by atoms with Crippen LogP contribution < -0.4 is 0 Å². The topological polar surface area (TPSA) is 3.24 Å². The smallest absolute Gasteiger partial charge is 0.127 e. The van der Waals surface area contributed by atoms with Gasteiger partial charge >= 0.3 is 0 Å². The summed E-state index contributed by atoms with van der Waals surface area (Å²) in [6.07, 6.45) is 2.21. The van der Waals surface area contributed by atoms with E-state index in [0.717, 1.165) is 36.0 Å². The van der Waals surface area contributed by atoms with E-state index < -0.39 is 0 Å². The van der Waals surface area contributed by atoms with Crippen molar-refractivity contribution >= 4 is 15.9 Å². The molecule has 0 radical (unpaired) electrons. The highest BCUT2D eigenvalue weighted by molar-refractivity contribution is 9.10. The van der Waals surface area contributed by atoms with Crippen molar-refractivity contribution in [2.45, 2.75) is 33.2 Å². The number of nitrogens with zero attached hydrogens (tertiary/aromatic N) is 1. The van der Waals surface area contributed by atoms with Gasteiger partial charge < -0.3 is 0 Å². The zero-order chi connectivity index (χ0) is 12.0. The molecule has 0 aliphatic heterocycles. The van der Waals surface area contributed by atoms with E-state index in [9.17, 15) is 4.39 Å². The number of rotatable bonds is 6. The van der Waals surface area contributed by atoms with Crippen molar-refractivity contribution in [3.63, 3.8) is 0 Å². The molecule has 0 unspecified atom stereocenters. The molecular formula is C13H19BrFN. The van der Waals surface area contributed by atoms with Crippen molar-refractivity contribution in [2.75, 3.05) is 13.1 Å². The first-order valence-corrected chi connectivity index (χ1v) is 6.63. The van der Waals surface area contributed by atoms with Crippen molar-refractivity contribution in [2.24, 2.45) is 0 Å². The minimum atomic E-state index is -0.111. The largest absolute Gasteiger partial charge is 0.299 e. The molecule has 0 amide bonds. The summed E-state index contributed by atoms with van der Waals surface area (Å²) in [5.74, 6) is -0.111. The van der Waals surface area contributed by atoms with Crippen LogP contribution in [-0.4, -0.2) is 18.0 Å². The summed E-state index contributed by atoms with van der Waals surface area (Å²) in [5, 5.41) is 0. The predicted octanol–water partition coefficient (Wildman–Crippen LogP) is 4.21. The van der Waals surface area contributed by atoms with Crippen molar-refractivity contribution in [3.8, 4) is 0 Å². The molecule has 0 aliphatic carbocycles. The highest BCUT2D eigenvalue weighted by atomic mass is 79.9. The van der Waals surface area contributed by atoms with Crippen molar-refractivity contribution < 1.29 is 4.39 Å².